The van der Waals surface area contributed by atoms with Crippen LogP contribution in [0, 0.1) is 0 Å². The Morgan fingerprint density at radius 1 is 1.11 bits per heavy atom. The van der Waals surface area contributed by atoms with Crippen LogP contribution in [-0.2, 0) is 22.6 Å². The Morgan fingerprint density at radius 3 is 2.68 bits per heavy atom. The van der Waals surface area contributed by atoms with Crippen molar-refractivity contribution in [2.75, 3.05) is 19.8 Å². The van der Waals surface area contributed by atoms with E-state index in [4.69, 9.17) is 9.47 Å². The number of benzene rings is 1. The predicted molar refractivity (Wildman–Crippen MR) is 77.1 cm³/mol. The molecule has 106 valence electrons. The quantitative estimate of drug-likeness (QED) is 0.658. The molecule has 1 saturated carbocycles. The predicted octanol–water partition coefficient (Wildman–Crippen LogP) is 2.88. The zero-order valence-electron chi connectivity index (χ0n) is 11.9. The van der Waals surface area contributed by atoms with Crippen molar-refractivity contribution in [3.05, 3.63) is 35.4 Å². The first-order valence-corrected chi connectivity index (χ1v) is 7.35. The molecule has 0 aromatic heterocycles. The lowest BCUT2D eigenvalue weighted by Crippen LogP contribution is -2.15. The van der Waals surface area contributed by atoms with Gasteiger partial charge in [-0.2, -0.15) is 0 Å². The smallest absolute Gasteiger partial charge is 0.0718 e. The summed E-state index contributed by atoms with van der Waals surface area (Å²) in [7, 11) is 0. The van der Waals surface area contributed by atoms with E-state index >= 15 is 0 Å². The van der Waals surface area contributed by atoms with Crippen molar-refractivity contribution in [1.29, 1.82) is 0 Å². The van der Waals surface area contributed by atoms with Crippen LogP contribution < -0.4 is 5.32 Å². The topological polar surface area (TPSA) is 30.5 Å². The number of rotatable bonds is 10. The summed E-state index contributed by atoms with van der Waals surface area (Å²) in [4.78, 5) is 0. The minimum absolute atomic E-state index is 0.671. The first kappa shape index (κ1) is 14.5. The van der Waals surface area contributed by atoms with Gasteiger partial charge in [0.1, 0.15) is 0 Å². The zero-order chi connectivity index (χ0) is 13.3. The van der Waals surface area contributed by atoms with E-state index in [1.54, 1.807) is 0 Å². The Kier molecular flexibility index (Phi) is 6.34. The van der Waals surface area contributed by atoms with Gasteiger partial charge >= 0.3 is 0 Å². The summed E-state index contributed by atoms with van der Waals surface area (Å²) in [6.07, 6.45) is 3.73. The van der Waals surface area contributed by atoms with Crippen molar-refractivity contribution in [2.24, 2.45) is 0 Å². The van der Waals surface area contributed by atoms with E-state index in [1.807, 2.05) is 0 Å². The lowest BCUT2D eigenvalue weighted by Gasteiger charge is -2.08. The van der Waals surface area contributed by atoms with Gasteiger partial charge in [0, 0.05) is 19.2 Å². The van der Waals surface area contributed by atoms with Gasteiger partial charge in [-0.3, -0.25) is 0 Å². The molecule has 3 heteroatoms. The second kappa shape index (κ2) is 8.31. The van der Waals surface area contributed by atoms with E-state index < -0.39 is 0 Å². The van der Waals surface area contributed by atoms with Crippen molar-refractivity contribution in [3.63, 3.8) is 0 Å². The monoisotopic (exact) mass is 263 g/mol. The van der Waals surface area contributed by atoms with Crippen molar-refractivity contribution >= 4 is 0 Å². The third-order valence-corrected chi connectivity index (χ3v) is 3.15. The number of hydrogen-bond acceptors (Lipinski definition) is 3. The number of nitrogens with one attached hydrogen (secondary N) is 1. The number of ether oxygens (including phenoxy) is 2. The van der Waals surface area contributed by atoms with Gasteiger partial charge in [-0.15, -0.1) is 0 Å². The fraction of sp³-hybridized carbons (Fsp3) is 0.625. The van der Waals surface area contributed by atoms with E-state index in [9.17, 15) is 0 Å². The molecule has 1 fully saturated rings. The molecule has 0 radical (unpaired) electrons. The summed E-state index contributed by atoms with van der Waals surface area (Å²) in [6, 6.07) is 9.38. The van der Waals surface area contributed by atoms with Crippen LogP contribution in [0.4, 0.5) is 0 Å². The Hall–Kier alpha value is -0.900. The average molecular weight is 263 g/mol. The molecule has 0 heterocycles. The molecule has 0 aliphatic heterocycles. The summed E-state index contributed by atoms with van der Waals surface area (Å²) in [5.41, 5.74) is 2.58. The Bertz CT molecular complexity index is 364. The summed E-state index contributed by atoms with van der Waals surface area (Å²) in [5.74, 6) is 0. The van der Waals surface area contributed by atoms with Crippen LogP contribution in [0.15, 0.2) is 24.3 Å². The highest BCUT2D eigenvalue weighted by Gasteiger charge is 2.19. The molecule has 0 amide bonds. The van der Waals surface area contributed by atoms with Crippen LogP contribution in [-0.4, -0.2) is 25.9 Å². The normalized spacial score (nSPS) is 14.8. The minimum atomic E-state index is 0.671. The fourth-order valence-electron chi connectivity index (χ4n) is 1.93. The summed E-state index contributed by atoms with van der Waals surface area (Å²) < 4.78 is 11.0. The number of hydrogen-bond donors (Lipinski definition) is 1. The molecule has 1 aliphatic rings. The highest BCUT2D eigenvalue weighted by Crippen LogP contribution is 2.19. The van der Waals surface area contributed by atoms with E-state index in [2.05, 4.69) is 36.5 Å². The van der Waals surface area contributed by atoms with Gasteiger partial charge in [-0.25, -0.2) is 0 Å². The van der Waals surface area contributed by atoms with Gasteiger partial charge in [-0.1, -0.05) is 31.2 Å². The van der Waals surface area contributed by atoms with Gasteiger partial charge in [0.05, 0.1) is 19.8 Å². The largest absolute Gasteiger partial charge is 0.379 e. The third kappa shape index (κ3) is 6.19. The zero-order valence-corrected chi connectivity index (χ0v) is 11.9. The van der Waals surface area contributed by atoms with E-state index in [0.29, 0.717) is 19.8 Å². The molecule has 3 nitrogen and oxygen atoms in total. The van der Waals surface area contributed by atoms with Crippen LogP contribution in [0.5, 0.6) is 0 Å². The second-order valence-corrected chi connectivity index (χ2v) is 5.14. The molecule has 0 unspecified atom stereocenters. The molecule has 0 saturated heterocycles. The van der Waals surface area contributed by atoms with Gasteiger partial charge < -0.3 is 14.8 Å². The third-order valence-electron chi connectivity index (χ3n) is 3.15. The van der Waals surface area contributed by atoms with Crippen LogP contribution in [0.1, 0.15) is 37.3 Å². The van der Waals surface area contributed by atoms with Gasteiger partial charge in [0.15, 0.2) is 0 Å². The summed E-state index contributed by atoms with van der Waals surface area (Å²) in [5, 5.41) is 3.53. The van der Waals surface area contributed by atoms with E-state index in [0.717, 1.165) is 25.6 Å². The van der Waals surface area contributed by atoms with Gasteiger partial charge in [-0.05, 0) is 30.4 Å². The molecule has 1 aromatic carbocycles. The first-order chi connectivity index (χ1) is 9.38. The maximum atomic E-state index is 5.61. The SMILES string of the molecule is CCCOCCOCc1cccc(CNC2CC2)c1. The molecule has 0 bridgehead atoms. The standard InChI is InChI=1S/C16H25NO2/c1-2-8-18-9-10-19-13-15-5-3-4-14(11-15)12-17-16-6-7-16/h3-5,11,16-17H,2,6-10,12-13H2,1H3. The molecule has 0 atom stereocenters. The van der Waals surface area contributed by atoms with E-state index in [-0.39, 0.29) is 0 Å². The highest BCUT2D eigenvalue weighted by atomic mass is 16.5. The lowest BCUT2D eigenvalue weighted by molar-refractivity contribution is 0.0408. The fourth-order valence-corrected chi connectivity index (χ4v) is 1.93. The Balaban J connectivity index is 1.63. The lowest BCUT2D eigenvalue weighted by atomic mass is 10.1. The molecule has 0 spiro atoms. The summed E-state index contributed by atoms with van der Waals surface area (Å²) >= 11 is 0. The Labute approximate surface area is 116 Å². The maximum Gasteiger partial charge on any atom is 0.0718 e. The Morgan fingerprint density at radius 2 is 1.89 bits per heavy atom. The van der Waals surface area contributed by atoms with Gasteiger partial charge in [0.2, 0.25) is 0 Å². The van der Waals surface area contributed by atoms with Crippen LogP contribution >= 0.6 is 0 Å². The molecule has 2 rings (SSSR count). The molecular weight excluding hydrogens is 238 g/mol. The van der Waals surface area contributed by atoms with Crippen LogP contribution in [0.3, 0.4) is 0 Å². The van der Waals surface area contributed by atoms with Gasteiger partial charge in [0.25, 0.3) is 0 Å². The molecule has 1 aromatic rings. The molecule has 19 heavy (non-hydrogen) atoms. The van der Waals surface area contributed by atoms with Crippen LogP contribution in [0.2, 0.25) is 0 Å². The highest BCUT2D eigenvalue weighted by molar-refractivity contribution is 5.23. The summed E-state index contributed by atoms with van der Waals surface area (Å²) in [6.45, 7) is 5.94. The molecule has 1 N–H and O–H groups in total. The average Bonchev–Trinajstić information content (AvgIpc) is 3.25. The second-order valence-electron chi connectivity index (χ2n) is 5.14. The van der Waals surface area contributed by atoms with Crippen molar-refractivity contribution in [3.8, 4) is 0 Å². The first-order valence-electron chi connectivity index (χ1n) is 7.35. The van der Waals surface area contributed by atoms with E-state index in [1.165, 1.54) is 24.0 Å². The maximum absolute atomic E-state index is 5.61. The van der Waals surface area contributed by atoms with Crippen molar-refractivity contribution in [1.82, 2.24) is 5.32 Å². The minimum Gasteiger partial charge on any atom is -0.379 e. The molecule has 1 aliphatic carbocycles. The molecular formula is C16H25NO2. The van der Waals surface area contributed by atoms with Crippen molar-refractivity contribution < 1.29 is 9.47 Å². The van der Waals surface area contributed by atoms with Crippen molar-refractivity contribution in [2.45, 2.75) is 45.4 Å². The van der Waals surface area contributed by atoms with Crippen LogP contribution in [0.25, 0.3) is 0 Å².